The van der Waals surface area contributed by atoms with E-state index in [1.54, 1.807) is 24.3 Å². The molecular formula is C17H20N2O2. The molecule has 0 aliphatic carbocycles. The van der Waals surface area contributed by atoms with Gasteiger partial charge in [0.05, 0.1) is 19.6 Å². The predicted octanol–water partition coefficient (Wildman–Crippen LogP) is 2.86. The summed E-state index contributed by atoms with van der Waals surface area (Å²) in [6.07, 6.45) is 1.21. The van der Waals surface area contributed by atoms with E-state index in [1.807, 2.05) is 18.2 Å². The minimum Gasteiger partial charge on any atom is -0.399 e. The molecule has 21 heavy (non-hydrogen) atoms. The molecule has 0 aliphatic rings. The fourth-order valence-corrected chi connectivity index (χ4v) is 1.89. The third-order valence-electron chi connectivity index (χ3n) is 3.05. The molecule has 110 valence electrons. The number of hydrogen-bond acceptors (Lipinski definition) is 3. The van der Waals surface area contributed by atoms with Crippen LogP contribution in [0, 0.1) is 0 Å². The number of amides is 1. The third kappa shape index (κ3) is 5.67. The molecule has 0 aromatic heterocycles. The van der Waals surface area contributed by atoms with E-state index in [9.17, 15) is 4.79 Å². The third-order valence-corrected chi connectivity index (χ3v) is 3.05. The highest BCUT2D eigenvalue weighted by molar-refractivity contribution is 5.90. The maximum Gasteiger partial charge on any atom is 0.226 e. The second-order valence-corrected chi connectivity index (χ2v) is 4.77. The van der Waals surface area contributed by atoms with Crippen LogP contribution in [0.25, 0.3) is 0 Å². The summed E-state index contributed by atoms with van der Waals surface area (Å²) in [7, 11) is 0. The standard InChI is InChI=1S/C17H20N2O2/c18-15-6-8-16(9-7-15)19-17(20)11-13-21-12-10-14-4-2-1-3-5-14/h1-9H,10-13,18H2,(H,19,20). The van der Waals surface area contributed by atoms with Gasteiger partial charge in [-0.2, -0.15) is 0 Å². The largest absolute Gasteiger partial charge is 0.399 e. The quantitative estimate of drug-likeness (QED) is 0.607. The minimum absolute atomic E-state index is 0.0560. The Morgan fingerprint density at radius 2 is 1.71 bits per heavy atom. The monoisotopic (exact) mass is 284 g/mol. The van der Waals surface area contributed by atoms with Crippen molar-refractivity contribution in [2.45, 2.75) is 12.8 Å². The van der Waals surface area contributed by atoms with E-state index in [4.69, 9.17) is 10.5 Å². The van der Waals surface area contributed by atoms with Crippen molar-refractivity contribution in [1.82, 2.24) is 0 Å². The fraction of sp³-hybridized carbons (Fsp3) is 0.235. The van der Waals surface area contributed by atoms with Crippen molar-refractivity contribution in [2.75, 3.05) is 24.3 Å². The first kappa shape index (κ1) is 15.1. The summed E-state index contributed by atoms with van der Waals surface area (Å²) >= 11 is 0. The van der Waals surface area contributed by atoms with Crippen LogP contribution in [-0.2, 0) is 16.0 Å². The van der Waals surface area contributed by atoms with Gasteiger partial charge in [-0.05, 0) is 36.2 Å². The van der Waals surface area contributed by atoms with Crippen molar-refractivity contribution in [3.05, 3.63) is 60.2 Å². The lowest BCUT2D eigenvalue weighted by Crippen LogP contribution is -2.14. The number of benzene rings is 2. The number of carbonyl (C=O) groups excluding carboxylic acids is 1. The fourth-order valence-electron chi connectivity index (χ4n) is 1.89. The van der Waals surface area contributed by atoms with Gasteiger partial charge in [0.1, 0.15) is 0 Å². The van der Waals surface area contributed by atoms with Gasteiger partial charge < -0.3 is 15.8 Å². The molecule has 1 amide bonds. The highest BCUT2D eigenvalue weighted by Gasteiger charge is 2.02. The van der Waals surface area contributed by atoms with E-state index in [1.165, 1.54) is 5.56 Å². The number of nitrogen functional groups attached to an aromatic ring is 1. The van der Waals surface area contributed by atoms with Gasteiger partial charge in [-0.15, -0.1) is 0 Å². The molecule has 0 fully saturated rings. The first-order chi connectivity index (χ1) is 10.2. The number of rotatable bonds is 7. The zero-order valence-electron chi connectivity index (χ0n) is 11.9. The Morgan fingerprint density at radius 3 is 2.43 bits per heavy atom. The summed E-state index contributed by atoms with van der Waals surface area (Å²) in [6, 6.07) is 17.2. The van der Waals surface area contributed by atoms with Gasteiger partial charge in [0.2, 0.25) is 5.91 Å². The number of nitrogens with one attached hydrogen (secondary N) is 1. The van der Waals surface area contributed by atoms with E-state index in [0.29, 0.717) is 25.3 Å². The summed E-state index contributed by atoms with van der Waals surface area (Å²) in [4.78, 5) is 11.7. The number of nitrogens with two attached hydrogens (primary N) is 1. The second-order valence-electron chi connectivity index (χ2n) is 4.77. The van der Waals surface area contributed by atoms with Crippen molar-refractivity contribution in [2.24, 2.45) is 0 Å². The summed E-state index contributed by atoms with van der Waals surface area (Å²) in [5.74, 6) is -0.0560. The van der Waals surface area contributed by atoms with E-state index < -0.39 is 0 Å². The number of hydrogen-bond donors (Lipinski definition) is 2. The molecule has 4 heteroatoms. The van der Waals surface area contributed by atoms with E-state index >= 15 is 0 Å². The minimum atomic E-state index is -0.0560. The Morgan fingerprint density at radius 1 is 1.00 bits per heavy atom. The molecule has 0 radical (unpaired) electrons. The molecule has 0 saturated heterocycles. The molecule has 0 spiro atoms. The molecule has 0 bridgehead atoms. The Hall–Kier alpha value is -2.33. The Bertz CT molecular complexity index is 553. The van der Waals surface area contributed by atoms with Crippen LogP contribution in [0.1, 0.15) is 12.0 Å². The molecular weight excluding hydrogens is 264 g/mol. The zero-order chi connectivity index (χ0) is 14.9. The SMILES string of the molecule is Nc1ccc(NC(=O)CCOCCc2ccccc2)cc1. The molecule has 0 unspecified atom stereocenters. The van der Waals surface area contributed by atoms with Gasteiger partial charge in [-0.25, -0.2) is 0 Å². The topological polar surface area (TPSA) is 64.3 Å². The van der Waals surface area contributed by atoms with E-state index in [0.717, 1.165) is 12.1 Å². The predicted molar refractivity (Wildman–Crippen MR) is 85.1 cm³/mol. The summed E-state index contributed by atoms with van der Waals surface area (Å²) < 4.78 is 5.48. The smallest absolute Gasteiger partial charge is 0.226 e. The van der Waals surface area contributed by atoms with Crippen LogP contribution in [0.3, 0.4) is 0 Å². The molecule has 2 aromatic rings. The zero-order valence-corrected chi connectivity index (χ0v) is 11.9. The number of ether oxygens (including phenoxy) is 1. The van der Waals surface area contributed by atoms with Gasteiger partial charge in [0, 0.05) is 11.4 Å². The molecule has 0 atom stereocenters. The van der Waals surface area contributed by atoms with Gasteiger partial charge in [0.25, 0.3) is 0 Å². The highest BCUT2D eigenvalue weighted by atomic mass is 16.5. The Labute approximate surface area is 124 Å². The number of carbonyl (C=O) groups is 1. The van der Waals surface area contributed by atoms with Crippen LogP contribution < -0.4 is 11.1 Å². The molecule has 0 saturated carbocycles. The molecule has 2 aromatic carbocycles. The van der Waals surface area contributed by atoms with Crippen molar-refractivity contribution < 1.29 is 9.53 Å². The van der Waals surface area contributed by atoms with Crippen molar-refractivity contribution in [1.29, 1.82) is 0 Å². The van der Waals surface area contributed by atoms with Crippen LogP contribution >= 0.6 is 0 Å². The van der Waals surface area contributed by atoms with Crippen LogP contribution in [0.2, 0.25) is 0 Å². The van der Waals surface area contributed by atoms with Crippen LogP contribution in [0.4, 0.5) is 11.4 Å². The average Bonchev–Trinajstić information content (AvgIpc) is 2.50. The number of anilines is 2. The van der Waals surface area contributed by atoms with Gasteiger partial charge >= 0.3 is 0 Å². The van der Waals surface area contributed by atoms with Gasteiger partial charge in [-0.3, -0.25) is 4.79 Å². The molecule has 3 N–H and O–H groups in total. The van der Waals surface area contributed by atoms with E-state index in [2.05, 4.69) is 17.4 Å². The lowest BCUT2D eigenvalue weighted by atomic mass is 10.2. The van der Waals surface area contributed by atoms with Gasteiger partial charge in [-0.1, -0.05) is 30.3 Å². The van der Waals surface area contributed by atoms with Crippen molar-refractivity contribution in [3.63, 3.8) is 0 Å². The average molecular weight is 284 g/mol. The Kier molecular flexibility index (Phi) is 5.79. The lowest BCUT2D eigenvalue weighted by Gasteiger charge is -2.06. The van der Waals surface area contributed by atoms with Crippen LogP contribution in [0.5, 0.6) is 0 Å². The molecule has 2 rings (SSSR count). The maximum atomic E-state index is 11.7. The first-order valence-electron chi connectivity index (χ1n) is 7.01. The van der Waals surface area contributed by atoms with Crippen molar-refractivity contribution >= 4 is 17.3 Å². The van der Waals surface area contributed by atoms with E-state index in [-0.39, 0.29) is 5.91 Å². The van der Waals surface area contributed by atoms with Crippen LogP contribution in [0.15, 0.2) is 54.6 Å². The van der Waals surface area contributed by atoms with Gasteiger partial charge in [0.15, 0.2) is 0 Å². The highest BCUT2D eigenvalue weighted by Crippen LogP contribution is 2.10. The molecule has 0 aliphatic heterocycles. The lowest BCUT2D eigenvalue weighted by molar-refractivity contribution is -0.117. The first-order valence-corrected chi connectivity index (χ1v) is 7.01. The van der Waals surface area contributed by atoms with Crippen LogP contribution in [-0.4, -0.2) is 19.1 Å². The normalized spacial score (nSPS) is 10.3. The Balaban J connectivity index is 1.60. The summed E-state index contributed by atoms with van der Waals surface area (Å²) in [5, 5.41) is 2.80. The van der Waals surface area contributed by atoms with Crippen molar-refractivity contribution in [3.8, 4) is 0 Å². The summed E-state index contributed by atoms with van der Waals surface area (Å²) in [6.45, 7) is 1.05. The maximum absolute atomic E-state index is 11.7. The summed E-state index contributed by atoms with van der Waals surface area (Å²) in [5.41, 5.74) is 8.25. The molecule has 4 nitrogen and oxygen atoms in total. The second kappa shape index (κ2) is 8.07. The molecule has 0 heterocycles.